The first-order chi connectivity index (χ1) is 2.83. The van der Waals surface area contributed by atoms with Crippen molar-refractivity contribution in [3.8, 4) is 0 Å². The van der Waals surface area contributed by atoms with Gasteiger partial charge in [-0.15, -0.1) is 0 Å². The van der Waals surface area contributed by atoms with Gasteiger partial charge in [0, 0.05) is 40.8 Å². The molecule has 0 heterocycles. The average molecular weight is 376 g/mol. The molecule has 0 radical (unpaired) electrons. The Hall–Kier alpha value is 3.86. The zero-order valence-corrected chi connectivity index (χ0v) is 15.1. The molecule has 0 saturated carbocycles. The van der Waals surface area contributed by atoms with Crippen LogP contribution in [0.4, 0.5) is 0 Å². The molecule has 0 aromatic carbocycles. The topological polar surface area (TPSA) is 80.3 Å². The molecule has 0 aliphatic rings. The molecule has 0 unspecified atom stereocenters. The predicted molar refractivity (Wildman–Crippen MR) is 26.6 cm³/mol. The number of rotatable bonds is 0. The second-order valence-corrected chi connectivity index (χ2v) is 0.577. The first-order valence-electron chi connectivity index (χ1n) is 0.943. The molecular formula is H2Al2MgNdO4Sr. The van der Waals surface area contributed by atoms with E-state index in [1.807, 2.05) is 0 Å². The van der Waals surface area contributed by atoms with Gasteiger partial charge in [0.05, 0.1) is 0 Å². The summed E-state index contributed by atoms with van der Waals surface area (Å²) in [6, 6.07) is 0. The Morgan fingerprint density at radius 1 is 1.11 bits per heavy atom. The number of hydrogen-bond donors (Lipinski definition) is 0. The van der Waals surface area contributed by atoms with E-state index in [1.54, 1.807) is 0 Å². The monoisotopic (exact) mass is 374 g/mol. The zero-order valence-electron chi connectivity index (χ0n) is 6.70. The summed E-state index contributed by atoms with van der Waals surface area (Å²) in [6.07, 6.45) is 0. The van der Waals surface area contributed by atoms with E-state index in [4.69, 9.17) is 15.9 Å². The van der Waals surface area contributed by atoms with Crippen LogP contribution in [0.1, 0.15) is 2.85 Å². The van der Waals surface area contributed by atoms with Gasteiger partial charge in [-0.3, -0.25) is 0 Å². The first-order valence-corrected chi connectivity index (χ1v) is 2.83. The molecular weight excluding hydrogens is 374 g/mol. The molecule has 0 aliphatic carbocycles. The molecule has 0 bridgehead atoms. The van der Waals surface area contributed by atoms with Crippen LogP contribution in [0, 0.1) is 40.8 Å². The quantitative estimate of drug-likeness (QED) is 0.405. The van der Waals surface area contributed by atoms with Crippen LogP contribution in [0.15, 0.2) is 0 Å². The minimum absolute atomic E-state index is 0. The van der Waals surface area contributed by atoms with Crippen LogP contribution in [0.3, 0.4) is 0 Å². The molecule has 0 rings (SSSR count). The maximum atomic E-state index is 8.46. The first kappa shape index (κ1) is 29.3. The third-order valence-corrected chi connectivity index (χ3v) is 0. The predicted octanol–water partition coefficient (Wildman–Crippen LogP) is -3.91. The van der Waals surface area contributed by atoms with Gasteiger partial charge >= 0.3 is 115 Å². The summed E-state index contributed by atoms with van der Waals surface area (Å²) in [5, 5.41) is 0. The summed E-state index contributed by atoms with van der Waals surface area (Å²) in [5.41, 5.74) is 0. The molecule has 0 fully saturated rings. The van der Waals surface area contributed by atoms with Crippen molar-refractivity contribution in [3.63, 3.8) is 0 Å². The van der Waals surface area contributed by atoms with Crippen LogP contribution >= 0.6 is 0 Å². The molecule has 0 amide bonds. The fourth-order valence-corrected chi connectivity index (χ4v) is 0. The minimum Gasteiger partial charge on any atom is 2.00 e. The van der Waals surface area contributed by atoms with Crippen molar-refractivity contribution in [1.82, 2.24) is 0 Å². The summed E-state index contributed by atoms with van der Waals surface area (Å²) in [5.74, 6) is 0. The molecule has 9 heavy (non-hydrogen) atoms. The molecule has 0 spiro atoms. The molecule has 4 nitrogen and oxygen atoms in total. The van der Waals surface area contributed by atoms with Gasteiger partial charge in [0.15, 0.2) is 0 Å². The third-order valence-electron chi connectivity index (χ3n) is 0. The molecule has 0 N–H and O–H groups in total. The van der Waals surface area contributed by atoms with Crippen molar-refractivity contribution in [3.05, 3.63) is 0 Å². The van der Waals surface area contributed by atoms with E-state index in [1.165, 1.54) is 0 Å². The second kappa shape index (κ2) is 40.7. The SMILES string of the molecule is [H-].[H-].[Mg+2].[Nd].[O]=[Al][O-].[O]=[Al][O-].[Sr+2]. The van der Waals surface area contributed by atoms with Crippen LogP contribution in [-0.4, -0.2) is 99.5 Å². The Morgan fingerprint density at radius 3 is 1.11 bits per heavy atom. The van der Waals surface area contributed by atoms with Crippen molar-refractivity contribution in [2.45, 2.75) is 0 Å². The largest absolute Gasteiger partial charge is 2.00 e. The van der Waals surface area contributed by atoms with Gasteiger partial charge in [-0.25, -0.2) is 0 Å². The Labute approximate surface area is 155 Å². The van der Waals surface area contributed by atoms with Gasteiger partial charge < -0.3 is 2.85 Å². The molecule has 9 heteroatoms. The smallest absolute Gasteiger partial charge is 2.00 e. The van der Waals surface area contributed by atoms with Crippen molar-refractivity contribution >= 4 is 99.5 Å². The Kier molecular flexibility index (Phi) is 132. The average Bonchev–Trinajstić information content (AvgIpc) is 1.39. The van der Waals surface area contributed by atoms with Crippen LogP contribution in [0.2, 0.25) is 0 Å². The Balaban J connectivity index is -0.00000000400. The van der Waals surface area contributed by atoms with Crippen LogP contribution in [0.5, 0.6) is 0 Å². The van der Waals surface area contributed by atoms with Crippen LogP contribution in [0.25, 0.3) is 0 Å². The van der Waals surface area contributed by atoms with Gasteiger partial charge in [-0.1, -0.05) is 0 Å². The summed E-state index contributed by atoms with van der Waals surface area (Å²) in [7, 11) is 0. The molecule has 40 valence electrons. The minimum atomic E-state index is -1.75. The molecule has 0 aliphatic heterocycles. The van der Waals surface area contributed by atoms with Crippen molar-refractivity contribution in [2.75, 3.05) is 0 Å². The zero-order chi connectivity index (χ0) is 5.41. The van der Waals surface area contributed by atoms with E-state index in [0.717, 1.165) is 0 Å². The summed E-state index contributed by atoms with van der Waals surface area (Å²) < 4.78 is 33.8. The van der Waals surface area contributed by atoms with Gasteiger partial charge in [0.1, 0.15) is 0 Å². The number of hydrogen-bond acceptors (Lipinski definition) is 4. The van der Waals surface area contributed by atoms with Crippen molar-refractivity contribution in [2.24, 2.45) is 0 Å². The van der Waals surface area contributed by atoms with Gasteiger partial charge in [-0.05, 0) is 0 Å². The van der Waals surface area contributed by atoms with E-state index >= 15 is 0 Å². The van der Waals surface area contributed by atoms with Crippen LogP contribution in [-0.2, 0) is 7.61 Å². The van der Waals surface area contributed by atoms with Crippen molar-refractivity contribution < 1.29 is 59.6 Å². The Bertz CT molecular complexity index is 47.1. The molecule has 0 atom stereocenters. The summed E-state index contributed by atoms with van der Waals surface area (Å²) in [6.45, 7) is 0. The van der Waals surface area contributed by atoms with Gasteiger partial charge in [0.25, 0.3) is 0 Å². The summed E-state index contributed by atoms with van der Waals surface area (Å²) in [4.78, 5) is 0. The van der Waals surface area contributed by atoms with E-state index in [9.17, 15) is 0 Å². The molecule has 0 saturated heterocycles. The fourth-order valence-electron chi connectivity index (χ4n) is 0. The normalized spacial score (nSPS) is 1.78. The van der Waals surface area contributed by atoms with E-state index in [-0.39, 0.29) is 112 Å². The standard InChI is InChI=1S/2Al.Mg.Nd.4O.Sr.2H/q;;+2;;;;2*-1;+2;2*-1. The van der Waals surface area contributed by atoms with Gasteiger partial charge in [0.2, 0.25) is 0 Å². The molecule has 0 aromatic rings. The van der Waals surface area contributed by atoms with Crippen LogP contribution < -0.4 is 8.32 Å². The third kappa shape index (κ3) is 77.3. The fraction of sp³-hybridized carbons (Fsp3) is 0. The van der Waals surface area contributed by atoms with E-state index in [0.29, 0.717) is 0 Å². The maximum absolute atomic E-state index is 8.46. The molecule has 0 aromatic heterocycles. The maximum Gasteiger partial charge on any atom is 2.00 e. The van der Waals surface area contributed by atoms with E-state index in [2.05, 4.69) is 0 Å². The van der Waals surface area contributed by atoms with Crippen molar-refractivity contribution in [1.29, 1.82) is 0 Å². The summed E-state index contributed by atoms with van der Waals surface area (Å²) >= 11 is -3.50. The Morgan fingerprint density at radius 2 is 1.11 bits per heavy atom. The van der Waals surface area contributed by atoms with Gasteiger partial charge in [-0.2, -0.15) is 0 Å². The van der Waals surface area contributed by atoms with E-state index < -0.39 is 31.0 Å². The second-order valence-electron chi connectivity index (χ2n) is 0.192.